The number of hydrogen-bond acceptors (Lipinski definition) is 4. The van der Waals surface area contributed by atoms with Crippen LogP contribution in [0.1, 0.15) is 52.8 Å². The van der Waals surface area contributed by atoms with E-state index in [1.165, 1.54) is 25.5 Å². The Morgan fingerprint density at radius 2 is 1.88 bits per heavy atom. The molecule has 0 spiro atoms. The van der Waals surface area contributed by atoms with E-state index in [4.69, 9.17) is 12.2 Å². The van der Waals surface area contributed by atoms with Crippen LogP contribution in [-0.2, 0) is 4.74 Å². The summed E-state index contributed by atoms with van der Waals surface area (Å²) in [4.78, 5) is 23.5. The molecule has 0 saturated carbocycles. The molecule has 1 aromatic rings. The Bertz CT molecular complexity index is 638. The van der Waals surface area contributed by atoms with Crippen LogP contribution in [0.15, 0.2) is 35.9 Å². The van der Waals surface area contributed by atoms with Gasteiger partial charge in [-0.15, -0.1) is 0 Å². The summed E-state index contributed by atoms with van der Waals surface area (Å²) < 4.78 is 4.62. The summed E-state index contributed by atoms with van der Waals surface area (Å²) in [5.74, 6) is -0.739. The summed E-state index contributed by atoms with van der Waals surface area (Å²) in [6, 6.07) is 6.23. The molecule has 1 aliphatic carbocycles. The number of hydrogen-bond donors (Lipinski definition) is 2. The van der Waals surface area contributed by atoms with E-state index in [1.807, 2.05) is 0 Å². The molecule has 1 aliphatic rings. The maximum Gasteiger partial charge on any atom is 0.337 e. The first kappa shape index (κ1) is 18.1. The molecule has 2 rings (SSSR count). The second kappa shape index (κ2) is 9.17. The minimum Gasteiger partial charge on any atom is -0.465 e. The highest BCUT2D eigenvalue weighted by Gasteiger charge is 2.10. The first-order valence-corrected chi connectivity index (χ1v) is 8.46. The zero-order valence-electron chi connectivity index (χ0n) is 13.8. The Morgan fingerprint density at radius 3 is 2.50 bits per heavy atom. The lowest BCUT2D eigenvalue weighted by Gasteiger charge is -2.14. The van der Waals surface area contributed by atoms with Crippen molar-refractivity contribution in [2.45, 2.75) is 32.1 Å². The molecule has 0 fully saturated rings. The fraction of sp³-hybridized carbons (Fsp3) is 0.389. The minimum absolute atomic E-state index is 0.305. The quantitative estimate of drug-likeness (QED) is 0.487. The molecule has 6 heteroatoms. The highest BCUT2D eigenvalue weighted by atomic mass is 32.1. The van der Waals surface area contributed by atoms with Crippen LogP contribution in [0.4, 0.5) is 0 Å². The molecular weight excluding hydrogens is 324 g/mol. The van der Waals surface area contributed by atoms with Crippen molar-refractivity contribution in [2.75, 3.05) is 13.7 Å². The van der Waals surface area contributed by atoms with E-state index in [0.29, 0.717) is 22.8 Å². The van der Waals surface area contributed by atoms with Crippen LogP contribution in [0.5, 0.6) is 0 Å². The lowest BCUT2D eigenvalue weighted by molar-refractivity contribution is 0.0600. The molecule has 1 aromatic carbocycles. The lowest BCUT2D eigenvalue weighted by Crippen LogP contribution is -2.39. The standard InChI is InChI=1S/C18H22N2O3S/c1-23-17(22)15-9-7-14(8-10-15)16(21)20-18(24)19-12-11-13-5-3-2-4-6-13/h5,7-10H,2-4,6,11-12H2,1H3,(H2,19,20,21,24). The topological polar surface area (TPSA) is 67.4 Å². The number of amides is 1. The third-order valence-corrected chi connectivity index (χ3v) is 4.16. The number of carbonyl (C=O) groups is 2. The predicted molar refractivity (Wildman–Crippen MR) is 97.0 cm³/mol. The molecule has 0 saturated heterocycles. The van der Waals surface area contributed by atoms with E-state index in [0.717, 1.165) is 19.3 Å². The SMILES string of the molecule is COC(=O)c1ccc(C(=O)NC(=S)NCCC2=CCCCC2)cc1. The fourth-order valence-electron chi connectivity index (χ4n) is 2.56. The second-order valence-electron chi connectivity index (χ2n) is 5.64. The molecular formula is C18H22N2O3S. The smallest absolute Gasteiger partial charge is 0.337 e. The molecule has 2 N–H and O–H groups in total. The average molecular weight is 346 g/mol. The molecule has 0 aliphatic heterocycles. The Labute approximate surface area is 147 Å². The van der Waals surface area contributed by atoms with Gasteiger partial charge in [0, 0.05) is 12.1 Å². The predicted octanol–water partition coefficient (Wildman–Crippen LogP) is 2.97. The second-order valence-corrected chi connectivity index (χ2v) is 6.05. The minimum atomic E-state index is -0.434. The molecule has 0 radical (unpaired) electrons. The first-order valence-electron chi connectivity index (χ1n) is 8.05. The van der Waals surface area contributed by atoms with Crippen molar-refractivity contribution in [1.29, 1.82) is 0 Å². The number of allylic oxidation sites excluding steroid dienone is 1. The number of thiocarbonyl (C=S) groups is 1. The van der Waals surface area contributed by atoms with Crippen LogP contribution in [-0.4, -0.2) is 30.6 Å². The maximum absolute atomic E-state index is 12.1. The number of methoxy groups -OCH3 is 1. The molecule has 1 amide bonds. The number of ether oxygens (including phenoxy) is 1. The lowest BCUT2D eigenvalue weighted by atomic mass is 9.97. The largest absolute Gasteiger partial charge is 0.465 e. The van der Waals surface area contributed by atoms with E-state index in [-0.39, 0.29) is 5.91 Å². The fourth-order valence-corrected chi connectivity index (χ4v) is 2.76. The number of carbonyl (C=O) groups excluding carboxylic acids is 2. The maximum atomic E-state index is 12.1. The van der Waals surface area contributed by atoms with Crippen LogP contribution in [0, 0.1) is 0 Å². The van der Waals surface area contributed by atoms with Gasteiger partial charge in [-0.3, -0.25) is 10.1 Å². The summed E-state index contributed by atoms with van der Waals surface area (Å²) in [7, 11) is 1.32. The van der Waals surface area contributed by atoms with Gasteiger partial charge in [-0.05, 0) is 68.6 Å². The van der Waals surface area contributed by atoms with E-state index in [9.17, 15) is 9.59 Å². The van der Waals surface area contributed by atoms with Crippen LogP contribution >= 0.6 is 12.2 Å². The summed E-state index contributed by atoms with van der Waals surface area (Å²) in [6.07, 6.45) is 8.11. The van der Waals surface area contributed by atoms with Gasteiger partial charge in [0.25, 0.3) is 5.91 Å². The molecule has 0 aromatic heterocycles. The van der Waals surface area contributed by atoms with E-state index in [1.54, 1.807) is 24.3 Å². The van der Waals surface area contributed by atoms with Gasteiger partial charge in [-0.25, -0.2) is 4.79 Å². The zero-order chi connectivity index (χ0) is 17.4. The molecule has 0 heterocycles. The van der Waals surface area contributed by atoms with Gasteiger partial charge in [0.05, 0.1) is 12.7 Å². The molecule has 24 heavy (non-hydrogen) atoms. The van der Waals surface area contributed by atoms with E-state index in [2.05, 4.69) is 21.4 Å². The van der Waals surface area contributed by atoms with E-state index >= 15 is 0 Å². The van der Waals surface area contributed by atoms with Gasteiger partial charge < -0.3 is 10.1 Å². The molecule has 5 nitrogen and oxygen atoms in total. The summed E-state index contributed by atoms with van der Waals surface area (Å²) in [5, 5.41) is 6.01. The van der Waals surface area contributed by atoms with Crippen molar-refractivity contribution in [3.8, 4) is 0 Å². The Morgan fingerprint density at radius 1 is 1.17 bits per heavy atom. The summed E-state index contributed by atoms with van der Waals surface area (Å²) in [5.41, 5.74) is 2.29. The van der Waals surface area contributed by atoms with Crippen molar-refractivity contribution in [3.63, 3.8) is 0 Å². The number of nitrogens with one attached hydrogen (secondary N) is 2. The normalized spacial score (nSPS) is 13.6. The van der Waals surface area contributed by atoms with Crippen molar-refractivity contribution >= 4 is 29.2 Å². The van der Waals surface area contributed by atoms with Gasteiger partial charge in [0.1, 0.15) is 0 Å². The van der Waals surface area contributed by atoms with Crippen molar-refractivity contribution in [3.05, 3.63) is 47.0 Å². The number of rotatable bonds is 5. The van der Waals surface area contributed by atoms with Crippen LogP contribution in [0.25, 0.3) is 0 Å². The van der Waals surface area contributed by atoms with Gasteiger partial charge in [0.2, 0.25) is 0 Å². The highest BCUT2D eigenvalue weighted by molar-refractivity contribution is 7.80. The van der Waals surface area contributed by atoms with Crippen LogP contribution in [0.2, 0.25) is 0 Å². The van der Waals surface area contributed by atoms with Crippen LogP contribution in [0.3, 0.4) is 0 Å². The van der Waals surface area contributed by atoms with Gasteiger partial charge in [0.15, 0.2) is 5.11 Å². The number of benzene rings is 1. The Hall–Kier alpha value is -2.21. The zero-order valence-corrected chi connectivity index (χ0v) is 14.6. The highest BCUT2D eigenvalue weighted by Crippen LogP contribution is 2.19. The average Bonchev–Trinajstić information content (AvgIpc) is 2.62. The van der Waals surface area contributed by atoms with Gasteiger partial charge in [-0.1, -0.05) is 11.6 Å². The van der Waals surface area contributed by atoms with Gasteiger partial charge >= 0.3 is 5.97 Å². The first-order chi connectivity index (χ1) is 11.6. The van der Waals surface area contributed by atoms with Crippen LogP contribution < -0.4 is 10.6 Å². The number of esters is 1. The van der Waals surface area contributed by atoms with E-state index < -0.39 is 5.97 Å². The molecule has 0 bridgehead atoms. The van der Waals surface area contributed by atoms with Crippen molar-refractivity contribution in [2.24, 2.45) is 0 Å². The Balaban J connectivity index is 1.77. The third-order valence-electron chi connectivity index (χ3n) is 3.91. The van der Waals surface area contributed by atoms with Crippen molar-refractivity contribution < 1.29 is 14.3 Å². The summed E-state index contributed by atoms with van der Waals surface area (Å²) in [6.45, 7) is 0.715. The van der Waals surface area contributed by atoms with Crippen molar-refractivity contribution in [1.82, 2.24) is 10.6 Å². The third kappa shape index (κ3) is 5.45. The molecule has 0 atom stereocenters. The Kier molecular flexibility index (Phi) is 6.93. The summed E-state index contributed by atoms with van der Waals surface area (Å²) >= 11 is 5.15. The molecule has 128 valence electrons. The van der Waals surface area contributed by atoms with Gasteiger partial charge in [-0.2, -0.15) is 0 Å². The molecule has 0 unspecified atom stereocenters. The monoisotopic (exact) mass is 346 g/mol.